The molecular formula is C28H19ClFN3O3S2. The maximum atomic E-state index is 13.3. The number of thioether (sulfide) groups is 1. The Morgan fingerprint density at radius 3 is 2.47 bits per heavy atom. The Labute approximate surface area is 231 Å². The zero-order valence-corrected chi connectivity index (χ0v) is 22.0. The first-order valence-corrected chi connectivity index (χ1v) is 13.6. The number of carbonyl (C=O) groups is 2. The maximum absolute atomic E-state index is 13.3. The summed E-state index contributed by atoms with van der Waals surface area (Å²) in [6.07, 6.45) is 2.97. The summed E-state index contributed by atoms with van der Waals surface area (Å²) in [5.41, 5.74) is 2.23. The van der Waals surface area contributed by atoms with Gasteiger partial charge in [0.1, 0.15) is 5.82 Å². The van der Waals surface area contributed by atoms with Crippen LogP contribution in [0, 0.1) is 5.82 Å². The van der Waals surface area contributed by atoms with E-state index >= 15 is 0 Å². The first-order chi connectivity index (χ1) is 18.4. The van der Waals surface area contributed by atoms with Crippen molar-refractivity contribution in [1.29, 1.82) is 0 Å². The van der Waals surface area contributed by atoms with E-state index in [0.717, 1.165) is 22.5 Å². The molecular weight excluding hydrogens is 545 g/mol. The molecule has 6 nitrogen and oxygen atoms in total. The van der Waals surface area contributed by atoms with Gasteiger partial charge in [-0.1, -0.05) is 95.4 Å². The van der Waals surface area contributed by atoms with Gasteiger partial charge in [-0.05, 0) is 47.0 Å². The summed E-state index contributed by atoms with van der Waals surface area (Å²) in [5.74, 6) is -1.66. The van der Waals surface area contributed by atoms with Crippen LogP contribution in [0.3, 0.4) is 0 Å². The van der Waals surface area contributed by atoms with Gasteiger partial charge in [0, 0.05) is 10.8 Å². The summed E-state index contributed by atoms with van der Waals surface area (Å²) in [5, 5.41) is 20.0. The number of rotatable bonds is 8. The molecule has 10 heteroatoms. The highest BCUT2D eigenvalue weighted by molar-refractivity contribution is 8.00. The van der Waals surface area contributed by atoms with E-state index in [-0.39, 0.29) is 16.5 Å². The van der Waals surface area contributed by atoms with Crippen LogP contribution in [0.15, 0.2) is 101 Å². The molecule has 1 aliphatic heterocycles. The van der Waals surface area contributed by atoms with E-state index < -0.39 is 23.5 Å². The highest BCUT2D eigenvalue weighted by atomic mass is 35.5. The number of aromatic nitrogens is 2. The van der Waals surface area contributed by atoms with Crippen molar-refractivity contribution in [2.45, 2.75) is 16.1 Å². The van der Waals surface area contributed by atoms with Gasteiger partial charge in [0.25, 0.3) is 5.91 Å². The zero-order valence-electron chi connectivity index (χ0n) is 19.6. The lowest BCUT2D eigenvalue weighted by Crippen LogP contribution is -2.30. The number of aliphatic hydroxyl groups is 1. The molecule has 3 aromatic carbocycles. The standard InChI is InChI=1S/C28H19ClFN3O3S2/c29-20-11-9-19(10-12-20)24-23(22(34)15-8-17-4-2-1-3-5-17)25(35)26(36)33(24)27-31-32-28(38-27)37-16-18-6-13-21(30)14-7-18/h1-15,24,35H,16H2. The van der Waals surface area contributed by atoms with E-state index in [0.29, 0.717) is 20.7 Å². The molecule has 0 saturated heterocycles. The number of hydrogen-bond donors (Lipinski definition) is 1. The molecule has 1 amide bonds. The number of nitrogens with zero attached hydrogens (tertiary/aromatic N) is 3. The van der Waals surface area contributed by atoms with E-state index in [9.17, 15) is 19.1 Å². The van der Waals surface area contributed by atoms with E-state index in [1.807, 2.05) is 30.3 Å². The average molecular weight is 564 g/mol. The number of allylic oxidation sites excluding steroid dienone is 1. The summed E-state index contributed by atoms with van der Waals surface area (Å²) in [6, 6.07) is 21.2. The van der Waals surface area contributed by atoms with E-state index in [2.05, 4.69) is 10.2 Å². The Hall–Kier alpha value is -3.79. The fourth-order valence-corrected chi connectivity index (χ4v) is 5.87. The molecule has 5 rings (SSSR count). The van der Waals surface area contributed by atoms with E-state index in [4.69, 9.17) is 11.6 Å². The number of carbonyl (C=O) groups excluding carboxylic acids is 2. The summed E-state index contributed by atoms with van der Waals surface area (Å²) < 4.78 is 13.8. The Kier molecular flexibility index (Phi) is 7.69. The molecule has 1 aliphatic rings. The van der Waals surface area contributed by atoms with Gasteiger partial charge in [0.2, 0.25) is 5.13 Å². The molecule has 38 heavy (non-hydrogen) atoms. The average Bonchev–Trinajstić information content (AvgIpc) is 3.50. The Bertz CT molecular complexity index is 1540. The summed E-state index contributed by atoms with van der Waals surface area (Å²) in [7, 11) is 0. The third kappa shape index (κ3) is 5.55. The van der Waals surface area contributed by atoms with Crippen molar-refractivity contribution in [3.05, 3.63) is 124 Å². The molecule has 1 atom stereocenters. The maximum Gasteiger partial charge on any atom is 0.296 e. The number of anilines is 1. The Morgan fingerprint density at radius 1 is 1.05 bits per heavy atom. The molecule has 1 N–H and O–H groups in total. The van der Waals surface area contributed by atoms with Crippen LogP contribution in [0.25, 0.3) is 6.08 Å². The number of hydrogen-bond acceptors (Lipinski definition) is 7. The minimum atomic E-state index is -0.921. The van der Waals surface area contributed by atoms with Gasteiger partial charge in [-0.3, -0.25) is 14.5 Å². The van der Waals surface area contributed by atoms with Crippen molar-refractivity contribution < 1.29 is 19.1 Å². The lowest BCUT2D eigenvalue weighted by Gasteiger charge is -2.23. The first-order valence-electron chi connectivity index (χ1n) is 11.4. The number of aliphatic hydroxyl groups excluding tert-OH is 1. The van der Waals surface area contributed by atoms with Crippen molar-refractivity contribution in [1.82, 2.24) is 10.2 Å². The molecule has 0 spiro atoms. The van der Waals surface area contributed by atoms with Crippen LogP contribution < -0.4 is 4.90 Å². The number of halogens is 2. The molecule has 0 bridgehead atoms. The van der Waals surface area contributed by atoms with Crippen LogP contribution in [-0.2, 0) is 15.3 Å². The van der Waals surface area contributed by atoms with E-state index in [1.165, 1.54) is 34.9 Å². The van der Waals surface area contributed by atoms with Gasteiger partial charge in [-0.25, -0.2) is 4.39 Å². The largest absolute Gasteiger partial charge is 0.503 e. The van der Waals surface area contributed by atoms with Crippen molar-refractivity contribution in [2.24, 2.45) is 0 Å². The fourth-order valence-electron chi connectivity index (χ4n) is 3.92. The molecule has 4 aromatic rings. The van der Waals surface area contributed by atoms with Crippen LogP contribution in [0.5, 0.6) is 0 Å². The third-order valence-corrected chi connectivity index (χ3v) is 8.14. The second-order valence-electron chi connectivity index (χ2n) is 8.27. The van der Waals surface area contributed by atoms with Crippen molar-refractivity contribution in [3.63, 3.8) is 0 Å². The lowest BCUT2D eigenvalue weighted by atomic mass is 9.96. The van der Waals surface area contributed by atoms with Gasteiger partial charge in [-0.2, -0.15) is 0 Å². The van der Waals surface area contributed by atoms with Crippen LogP contribution in [-0.4, -0.2) is 27.0 Å². The van der Waals surface area contributed by atoms with Gasteiger partial charge >= 0.3 is 0 Å². The predicted octanol–water partition coefficient (Wildman–Crippen LogP) is 6.81. The molecule has 0 saturated carbocycles. The van der Waals surface area contributed by atoms with E-state index in [1.54, 1.807) is 42.5 Å². The number of ketones is 1. The summed E-state index contributed by atoms with van der Waals surface area (Å²) >= 11 is 8.63. The summed E-state index contributed by atoms with van der Waals surface area (Å²) in [6.45, 7) is 0. The highest BCUT2D eigenvalue weighted by Crippen LogP contribution is 2.43. The minimum absolute atomic E-state index is 0.0554. The summed E-state index contributed by atoms with van der Waals surface area (Å²) in [4.78, 5) is 27.9. The highest BCUT2D eigenvalue weighted by Gasteiger charge is 2.45. The van der Waals surface area contributed by atoms with Crippen LogP contribution in [0.2, 0.25) is 5.02 Å². The number of amides is 1. The SMILES string of the molecule is O=C(C=Cc1ccccc1)C1=C(O)C(=O)N(c2nnc(SCc3ccc(F)cc3)s2)C1c1ccc(Cl)cc1. The van der Waals surface area contributed by atoms with Gasteiger partial charge in [0.05, 0.1) is 11.6 Å². The second-order valence-corrected chi connectivity index (χ2v) is 10.9. The Morgan fingerprint density at radius 2 is 1.76 bits per heavy atom. The normalized spacial score (nSPS) is 15.6. The molecule has 0 radical (unpaired) electrons. The molecule has 1 unspecified atom stereocenters. The quantitative estimate of drug-likeness (QED) is 0.144. The van der Waals surface area contributed by atoms with Crippen LogP contribution in [0.1, 0.15) is 22.7 Å². The molecule has 2 heterocycles. The van der Waals surface area contributed by atoms with Gasteiger partial charge in [0.15, 0.2) is 15.9 Å². The Balaban J connectivity index is 1.45. The molecule has 190 valence electrons. The molecule has 0 aliphatic carbocycles. The van der Waals surface area contributed by atoms with Crippen LogP contribution >= 0.6 is 34.7 Å². The predicted molar refractivity (Wildman–Crippen MR) is 148 cm³/mol. The van der Waals surface area contributed by atoms with Gasteiger partial charge in [-0.15, -0.1) is 10.2 Å². The molecule has 0 fully saturated rings. The topological polar surface area (TPSA) is 83.4 Å². The monoisotopic (exact) mass is 563 g/mol. The first kappa shape index (κ1) is 25.8. The van der Waals surface area contributed by atoms with Crippen molar-refractivity contribution in [2.75, 3.05) is 4.90 Å². The number of benzene rings is 3. The van der Waals surface area contributed by atoms with Crippen molar-refractivity contribution in [3.8, 4) is 0 Å². The minimum Gasteiger partial charge on any atom is -0.503 e. The fraction of sp³-hybridized carbons (Fsp3) is 0.0714. The van der Waals surface area contributed by atoms with Crippen LogP contribution in [0.4, 0.5) is 9.52 Å². The van der Waals surface area contributed by atoms with Gasteiger partial charge < -0.3 is 5.11 Å². The zero-order chi connectivity index (χ0) is 26.6. The lowest BCUT2D eigenvalue weighted by molar-refractivity contribution is -0.117. The van der Waals surface area contributed by atoms with Crippen molar-refractivity contribution >= 4 is 57.6 Å². The second kappa shape index (κ2) is 11.3. The third-order valence-electron chi connectivity index (χ3n) is 5.76. The molecule has 1 aromatic heterocycles. The smallest absolute Gasteiger partial charge is 0.296 e.